The average Bonchev–Trinajstić information content (AvgIpc) is 2.19. The lowest BCUT2D eigenvalue weighted by Crippen LogP contribution is -2.11. The zero-order valence-corrected chi connectivity index (χ0v) is 10.7. The van der Waals surface area contributed by atoms with Crippen molar-refractivity contribution < 1.29 is 4.74 Å². The Morgan fingerprint density at radius 3 is 2.92 bits per heavy atom. The lowest BCUT2D eigenvalue weighted by molar-refractivity contribution is 0.163. The van der Waals surface area contributed by atoms with E-state index in [2.05, 4.69) is 50.1 Å². The maximum absolute atomic E-state index is 5.53. The van der Waals surface area contributed by atoms with Crippen LogP contribution in [0.15, 0.2) is 23.8 Å². The summed E-state index contributed by atoms with van der Waals surface area (Å²) in [5.74, 6) is 0. The van der Waals surface area contributed by atoms with E-state index in [0.29, 0.717) is 4.83 Å². The number of halogens is 2. The van der Waals surface area contributed by atoms with Gasteiger partial charge in [0.05, 0.1) is 13.2 Å². The predicted octanol–water partition coefficient (Wildman–Crippen LogP) is 3.44. The summed E-state index contributed by atoms with van der Waals surface area (Å²) in [6.45, 7) is 1.50. The molecule has 0 aliphatic heterocycles. The molecule has 1 rings (SSSR count). The number of rotatable bonds is 5. The molecular weight excluding hydrogens is 296 g/mol. The van der Waals surface area contributed by atoms with Gasteiger partial charge in [0.2, 0.25) is 0 Å². The lowest BCUT2D eigenvalue weighted by Gasteiger charge is -2.09. The Morgan fingerprint density at radius 2 is 2.31 bits per heavy atom. The fourth-order valence-corrected chi connectivity index (χ4v) is 1.50. The van der Waals surface area contributed by atoms with Gasteiger partial charge in [-0.05, 0) is 18.4 Å². The first kappa shape index (κ1) is 11.5. The van der Waals surface area contributed by atoms with E-state index < -0.39 is 0 Å². The molecule has 0 aromatic rings. The topological polar surface area (TPSA) is 9.23 Å². The highest BCUT2D eigenvalue weighted by Gasteiger charge is 2.02. The highest BCUT2D eigenvalue weighted by Crippen LogP contribution is 2.11. The van der Waals surface area contributed by atoms with Crippen molar-refractivity contribution >= 4 is 31.9 Å². The van der Waals surface area contributed by atoms with Crippen LogP contribution in [0.5, 0.6) is 0 Å². The molecule has 1 aliphatic carbocycles. The summed E-state index contributed by atoms with van der Waals surface area (Å²) in [5.41, 5.74) is 1.31. The minimum absolute atomic E-state index is 0.417. The molecular formula is C10H14Br2O. The van der Waals surface area contributed by atoms with Crippen molar-refractivity contribution in [1.82, 2.24) is 0 Å². The lowest BCUT2D eigenvalue weighted by atomic mass is 10.1. The fraction of sp³-hybridized carbons (Fsp3) is 0.600. The summed E-state index contributed by atoms with van der Waals surface area (Å²) in [5, 5.41) is 0.932. The normalized spacial score (nSPS) is 18.5. The smallest absolute Gasteiger partial charge is 0.0714 e. The van der Waals surface area contributed by atoms with Crippen LogP contribution in [-0.2, 0) is 4.74 Å². The largest absolute Gasteiger partial charge is 0.376 e. The predicted molar refractivity (Wildman–Crippen MR) is 63.8 cm³/mol. The Morgan fingerprint density at radius 1 is 1.46 bits per heavy atom. The number of hydrogen-bond acceptors (Lipinski definition) is 1. The molecule has 0 saturated heterocycles. The first-order valence-corrected chi connectivity index (χ1v) is 6.50. The molecule has 0 saturated carbocycles. The fourth-order valence-electron chi connectivity index (χ4n) is 1.12. The Bertz CT molecular complexity index is 199. The Hall–Kier alpha value is 0.400. The summed E-state index contributed by atoms with van der Waals surface area (Å²) in [4.78, 5) is 0.417. The van der Waals surface area contributed by atoms with Crippen LogP contribution in [0.4, 0.5) is 0 Å². The molecule has 13 heavy (non-hydrogen) atoms. The van der Waals surface area contributed by atoms with Gasteiger partial charge in [-0.2, -0.15) is 0 Å². The molecule has 0 aromatic heterocycles. The van der Waals surface area contributed by atoms with E-state index in [-0.39, 0.29) is 0 Å². The van der Waals surface area contributed by atoms with Crippen molar-refractivity contribution in [3.8, 4) is 0 Å². The van der Waals surface area contributed by atoms with E-state index in [1.807, 2.05) is 0 Å². The number of hydrogen-bond donors (Lipinski definition) is 0. The monoisotopic (exact) mass is 308 g/mol. The van der Waals surface area contributed by atoms with Crippen LogP contribution in [-0.4, -0.2) is 23.4 Å². The molecule has 0 spiro atoms. The van der Waals surface area contributed by atoms with Gasteiger partial charge in [-0.3, -0.25) is 0 Å². The molecule has 1 atom stereocenters. The van der Waals surface area contributed by atoms with Crippen molar-refractivity contribution in [2.24, 2.45) is 0 Å². The van der Waals surface area contributed by atoms with Crippen molar-refractivity contribution in [2.45, 2.75) is 17.7 Å². The van der Waals surface area contributed by atoms with Gasteiger partial charge in [-0.25, -0.2) is 0 Å². The molecule has 1 unspecified atom stereocenters. The Labute approximate surface area is 96.5 Å². The minimum Gasteiger partial charge on any atom is -0.376 e. The third-order valence-electron chi connectivity index (χ3n) is 1.81. The van der Waals surface area contributed by atoms with Crippen LogP contribution in [0.2, 0.25) is 0 Å². The van der Waals surface area contributed by atoms with Gasteiger partial charge >= 0.3 is 0 Å². The SMILES string of the molecule is BrCC(Br)COCC1=CCCC=C1. The molecule has 74 valence electrons. The van der Waals surface area contributed by atoms with Crippen LogP contribution in [0.25, 0.3) is 0 Å². The van der Waals surface area contributed by atoms with Crippen molar-refractivity contribution in [2.75, 3.05) is 18.5 Å². The second-order valence-electron chi connectivity index (χ2n) is 3.03. The third-order valence-corrected chi connectivity index (χ3v) is 4.05. The molecule has 0 aromatic carbocycles. The minimum atomic E-state index is 0.417. The van der Waals surface area contributed by atoms with Crippen LogP contribution < -0.4 is 0 Å². The summed E-state index contributed by atoms with van der Waals surface area (Å²) in [6.07, 6.45) is 8.93. The van der Waals surface area contributed by atoms with Crippen molar-refractivity contribution in [1.29, 1.82) is 0 Å². The number of alkyl halides is 2. The van der Waals surface area contributed by atoms with E-state index in [0.717, 1.165) is 25.0 Å². The summed E-state index contributed by atoms with van der Waals surface area (Å²) >= 11 is 6.88. The molecule has 0 N–H and O–H groups in total. The molecule has 0 amide bonds. The Balaban J connectivity index is 2.12. The zero-order valence-electron chi connectivity index (χ0n) is 7.51. The number of allylic oxidation sites excluding steroid dienone is 2. The molecule has 0 bridgehead atoms. The van der Waals surface area contributed by atoms with Gasteiger partial charge in [0.15, 0.2) is 0 Å². The van der Waals surface area contributed by atoms with Crippen LogP contribution in [0.1, 0.15) is 12.8 Å². The Kier molecular flexibility index (Phi) is 6.00. The molecule has 0 fully saturated rings. The molecule has 1 nitrogen and oxygen atoms in total. The van der Waals surface area contributed by atoms with Crippen LogP contribution in [0.3, 0.4) is 0 Å². The second-order valence-corrected chi connectivity index (χ2v) is 4.97. The quantitative estimate of drug-likeness (QED) is 0.707. The highest BCUT2D eigenvalue weighted by molar-refractivity contribution is 9.12. The second kappa shape index (κ2) is 6.80. The zero-order chi connectivity index (χ0) is 9.52. The van der Waals surface area contributed by atoms with Crippen LogP contribution >= 0.6 is 31.9 Å². The molecule has 0 heterocycles. The maximum atomic E-state index is 5.53. The van der Waals surface area contributed by atoms with E-state index in [9.17, 15) is 0 Å². The van der Waals surface area contributed by atoms with Gasteiger partial charge in [0.25, 0.3) is 0 Å². The third kappa shape index (κ3) is 4.99. The highest BCUT2D eigenvalue weighted by atomic mass is 79.9. The van der Waals surface area contributed by atoms with Crippen LogP contribution in [0, 0.1) is 0 Å². The first-order valence-electron chi connectivity index (χ1n) is 4.46. The van der Waals surface area contributed by atoms with E-state index in [1.165, 1.54) is 12.0 Å². The van der Waals surface area contributed by atoms with Crippen molar-refractivity contribution in [3.05, 3.63) is 23.8 Å². The summed E-state index contributed by atoms with van der Waals surface area (Å²) < 4.78 is 5.53. The van der Waals surface area contributed by atoms with Crippen molar-refractivity contribution in [3.63, 3.8) is 0 Å². The molecule has 0 radical (unpaired) electrons. The van der Waals surface area contributed by atoms with Gasteiger partial charge in [-0.1, -0.05) is 50.1 Å². The molecule has 1 aliphatic rings. The summed E-state index contributed by atoms with van der Waals surface area (Å²) in [6, 6.07) is 0. The van der Waals surface area contributed by atoms with E-state index >= 15 is 0 Å². The van der Waals surface area contributed by atoms with E-state index in [4.69, 9.17) is 4.74 Å². The van der Waals surface area contributed by atoms with Gasteiger partial charge in [0.1, 0.15) is 0 Å². The molecule has 3 heteroatoms. The maximum Gasteiger partial charge on any atom is 0.0714 e. The standard InChI is InChI=1S/C10H14Br2O/c11-6-10(12)8-13-7-9-4-2-1-3-5-9/h2,4-5,10H,1,3,6-8H2. The first-order chi connectivity index (χ1) is 6.33. The van der Waals surface area contributed by atoms with Gasteiger partial charge < -0.3 is 4.74 Å². The number of ether oxygens (including phenoxy) is 1. The summed E-state index contributed by atoms with van der Waals surface area (Å²) in [7, 11) is 0. The van der Waals surface area contributed by atoms with Gasteiger partial charge in [-0.15, -0.1) is 0 Å². The van der Waals surface area contributed by atoms with Gasteiger partial charge in [0, 0.05) is 10.2 Å². The van der Waals surface area contributed by atoms with E-state index in [1.54, 1.807) is 0 Å². The average molecular weight is 310 g/mol.